The number of ketones is 2. The second kappa shape index (κ2) is 5.10. The number of hydrogen-bond acceptors (Lipinski definition) is 4. The van der Waals surface area contributed by atoms with Crippen LogP contribution in [0.25, 0.3) is 0 Å². The van der Waals surface area contributed by atoms with Crippen molar-refractivity contribution in [1.82, 2.24) is 0 Å². The van der Waals surface area contributed by atoms with Gasteiger partial charge in [-0.05, 0) is 26.0 Å². The molecule has 4 nitrogen and oxygen atoms in total. The van der Waals surface area contributed by atoms with Crippen LogP contribution in [0.3, 0.4) is 0 Å². The second-order valence-electron chi connectivity index (χ2n) is 4.49. The molecule has 1 aromatic rings. The molecule has 0 aliphatic heterocycles. The van der Waals surface area contributed by atoms with Crippen molar-refractivity contribution in [3.05, 3.63) is 52.8 Å². The fraction of sp³-hybridized carbons (Fsp3) is 0.200. The molecule has 19 heavy (non-hydrogen) atoms. The van der Waals surface area contributed by atoms with Gasteiger partial charge >= 0.3 is 0 Å². The van der Waals surface area contributed by atoms with Gasteiger partial charge in [0.1, 0.15) is 12.4 Å². The third kappa shape index (κ3) is 2.57. The summed E-state index contributed by atoms with van der Waals surface area (Å²) >= 11 is 0. The Bertz CT molecular complexity index is 605. The van der Waals surface area contributed by atoms with Crippen molar-refractivity contribution >= 4 is 11.6 Å². The van der Waals surface area contributed by atoms with Crippen LogP contribution in [0.15, 0.2) is 41.7 Å². The SMILES string of the molecule is CC(C)=CCOC1=CC(=O)c2cccc(O)c2C1=O. The summed E-state index contributed by atoms with van der Waals surface area (Å²) < 4.78 is 5.29. The summed E-state index contributed by atoms with van der Waals surface area (Å²) in [7, 11) is 0. The van der Waals surface area contributed by atoms with E-state index >= 15 is 0 Å². The number of phenolic OH excluding ortho intramolecular Hbond substituents is 1. The fourth-order valence-electron chi connectivity index (χ4n) is 1.77. The van der Waals surface area contributed by atoms with Gasteiger partial charge in [-0.25, -0.2) is 0 Å². The highest BCUT2D eigenvalue weighted by molar-refractivity contribution is 6.24. The van der Waals surface area contributed by atoms with E-state index in [-0.39, 0.29) is 35.0 Å². The quantitative estimate of drug-likeness (QED) is 0.846. The lowest BCUT2D eigenvalue weighted by atomic mass is 9.93. The Morgan fingerprint density at radius 1 is 1.32 bits per heavy atom. The van der Waals surface area contributed by atoms with Crippen molar-refractivity contribution in [2.24, 2.45) is 0 Å². The van der Waals surface area contributed by atoms with Gasteiger partial charge in [0.05, 0.1) is 5.56 Å². The number of carbonyl (C=O) groups is 2. The summed E-state index contributed by atoms with van der Waals surface area (Å²) in [6.45, 7) is 4.04. The second-order valence-corrected chi connectivity index (χ2v) is 4.49. The largest absolute Gasteiger partial charge is 0.507 e. The van der Waals surface area contributed by atoms with E-state index in [1.54, 1.807) is 6.08 Å². The third-order valence-electron chi connectivity index (χ3n) is 2.75. The number of rotatable bonds is 3. The molecule has 0 unspecified atom stereocenters. The van der Waals surface area contributed by atoms with Crippen molar-refractivity contribution in [2.45, 2.75) is 13.8 Å². The normalized spacial score (nSPS) is 13.7. The Balaban J connectivity index is 2.31. The number of allylic oxidation sites excluding steroid dienone is 3. The van der Waals surface area contributed by atoms with Gasteiger partial charge in [0, 0.05) is 11.6 Å². The van der Waals surface area contributed by atoms with E-state index in [1.165, 1.54) is 24.3 Å². The first kappa shape index (κ1) is 13.1. The van der Waals surface area contributed by atoms with Gasteiger partial charge in [-0.2, -0.15) is 0 Å². The van der Waals surface area contributed by atoms with Crippen molar-refractivity contribution < 1.29 is 19.4 Å². The van der Waals surface area contributed by atoms with Gasteiger partial charge in [-0.15, -0.1) is 0 Å². The van der Waals surface area contributed by atoms with Crippen molar-refractivity contribution in [2.75, 3.05) is 6.61 Å². The summed E-state index contributed by atoms with van der Waals surface area (Å²) in [6, 6.07) is 4.42. The Labute approximate surface area is 111 Å². The van der Waals surface area contributed by atoms with E-state index in [1.807, 2.05) is 13.8 Å². The summed E-state index contributed by atoms with van der Waals surface area (Å²) in [6.07, 6.45) is 2.97. The molecule has 0 radical (unpaired) electrons. The van der Waals surface area contributed by atoms with Gasteiger partial charge in [-0.3, -0.25) is 9.59 Å². The van der Waals surface area contributed by atoms with Crippen LogP contribution in [0, 0.1) is 0 Å². The highest BCUT2D eigenvalue weighted by Gasteiger charge is 2.29. The average Bonchev–Trinajstić information content (AvgIpc) is 2.34. The van der Waals surface area contributed by atoms with Crippen LogP contribution in [0.4, 0.5) is 0 Å². The zero-order valence-electron chi connectivity index (χ0n) is 10.8. The van der Waals surface area contributed by atoms with Gasteiger partial charge in [0.25, 0.3) is 0 Å². The van der Waals surface area contributed by atoms with Crippen LogP contribution in [0.5, 0.6) is 5.75 Å². The maximum Gasteiger partial charge on any atom is 0.232 e. The van der Waals surface area contributed by atoms with Crippen molar-refractivity contribution in [3.63, 3.8) is 0 Å². The van der Waals surface area contributed by atoms with Crippen LogP contribution < -0.4 is 0 Å². The molecule has 0 heterocycles. The first-order valence-electron chi connectivity index (χ1n) is 5.89. The summed E-state index contributed by atoms with van der Waals surface area (Å²) in [5.74, 6) is -1.03. The number of carbonyl (C=O) groups excluding carboxylic acids is 2. The molecule has 1 aromatic carbocycles. The maximum absolute atomic E-state index is 12.1. The zero-order valence-corrected chi connectivity index (χ0v) is 10.8. The monoisotopic (exact) mass is 258 g/mol. The molecule has 1 aliphatic carbocycles. The molecule has 0 saturated heterocycles. The number of aromatic hydroxyl groups is 1. The molecule has 0 fully saturated rings. The van der Waals surface area contributed by atoms with Crippen LogP contribution in [-0.2, 0) is 4.74 Å². The highest BCUT2D eigenvalue weighted by Crippen LogP contribution is 2.28. The number of Topliss-reactive ketones (excluding diaryl/α,β-unsaturated/α-hetero) is 1. The van der Waals surface area contributed by atoms with E-state index in [0.29, 0.717) is 0 Å². The fourth-order valence-corrected chi connectivity index (χ4v) is 1.77. The first-order chi connectivity index (χ1) is 9.00. The molecule has 2 rings (SSSR count). The lowest BCUT2D eigenvalue weighted by Crippen LogP contribution is -2.19. The molecule has 1 aliphatic rings. The number of phenols is 1. The summed E-state index contributed by atoms with van der Waals surface area (Å²) in [5.41, 5.74) is 1.28. The minimum Gasteiger partial charge on any atom is -0.507 e. The number of fused-ring (bicyclic) bond motifs is 1. The number of benzene rings is 1. The summed E-state index contributed by atoms with van der Waals surface area (Å²) in [4.78, 5) is 24.0. The lowest BCUT2D eigenvalue weighted by Gasteiger charge is -2.16. The Hall–Kier alpha value is -2.36. The van der Waals surface area contributed by atoms with Crippen LogP contribution in [0.1, 0.15) is 34.6 Å². The first-order valence-corrected chi connectivity index (χ1v) is 5.89. The van der Waals surface area contributed by atoms with Crippen LogP contribution in [-0.4, -0.2) is 23.3 Å². The number of ether oxygens (including phenoxy) is 1. The van der Waals surface area contributed by atoms with E-state index in [2.05, 4.69) is 0 Å². The number of hydrogen-bond donors (Lipinski definition) is 1. The Kier molecular flexibility index (Phi) is 3.51. The molecule has 0 bridgehead atoms. The van der Waals surface area contributed by atoms with Crippen molar-refractivity contribution in [3.8, 4) is 5.75 Å². The molecule has 0 amide bonds. The highest BCUT2D eigenvalue weighted by atomic mass is 16.5. The Morgan fingerprint density at radius 3 is 2.74 bits per heavy atom. The molecule has 98 valence electrons. The topological polar surface area (TPSA) is 63.6 Å². The van der Waals surface area contributed by atoms with Crippen molar-refractivity contribution in [1.29, 1.82) is 0 Å². The minimum atomic E-state index is -0.463. The molecule has 1 N–H and O–H groups in total. The molecule has 0 saturated carbocycles. The van der Waals surface area contributed by atoms with Crippen LogP contribution in [0.2, 0.25) is 0 Å². The van der Waals surface area contributed by atoms with Gasteiger partial charge < -0.3 is 9.84 Å². The summed E-state index contributed by atoms with van der Waals surface area (Å²) in [5, 5.41) is 9.71. The zero-order chi connectivity index (χ0) is 14.0. The third-order valence-corrected chi connectivity index (χ3v) is 2.75. The minimum absolute atomic E-state index is 0.0159. The van der Waals surface area contributed by atoms with Crippen LogP contribution >= 0.6 is 0 Å². The maximum atomic E-state index is 12.1. The molecule has 0 atom stereocenters. The predicted molar refractivity (Wildman–Crippen MR) is 70.2 cm³/mol. The predicted octanol–water partition coefficient (Wildman–Crippen LogP) is 2.64. The van der Waals surface area contributed by atoms with Gasteiger partial charge in [0.2, 0.25) is 5.78 Å². The molecule has 4 heteroatoms. The standard InChI is InChI=1S/C15H14O4/c1-9(2)6-7-19-13-8-12(17)10-4-3-5-11(16)14(10)15(13)18/h3-6,8,16H,7H2,1-2H3. The molecule has 0 spiro atoms. The average molecular weight is 258 g/mol. The van der Waals surface area contributed by atoms with E-state index in [4.69, 9.17) is 4.74 Å². The molecule has 0 aromatic heterocycles. The van der Waals surface area contributed by atoms with E-state index in [9.17, 15) is 14.7 Å². The molecular weight excluding hydrogens is 244 g/mol. The van der Waals surface area contributed by atoms with E-state index < -0.39 is 5.78 Å². The van der Waals surface area contributed by atoms with Gasteiger partial charge in [0.15, 0.2) is 11.5 Å². The lowest BCUT2D eigenvalue weighted by molar-refractivity contribution is 0.0897. The van der Waals surface area contributed by atoms with E-state index in [0.717, 1.165) is 5.57 Å². The van der Waals surface area contributed by atoms with Gasteiger partial charge in [-0.1, -0.05) is 17.7 Å². The smallest absolute Gasteiger partial charge is 0.232 e. The molecular formula is C15H14O4. The Morgan fingerprint density at radius 2 is 2.05 bits per heavy atom.